The molecule has 108 valence electrons. The van der Waals surface area contributed by atoms with Crippen molar-refractivity contribution < 1.29 is 13.2 Å². The molecular weight excluding hydrogens is 275 g/mol. The second-order valence-electron chi connectivity index (χ2n) is 5.01. The predicted octanol–water partition coefficient (Wildman–Crippen LogP) is 4.71. The molecule has 0 spiro atoms. The number of nitrogens with two attached hydrogens (primary N) is 1. The van der Waals surface area contributed by atoms with Gasteiger partial charge in [0.2, 0.25) is 0 Å². The van der Waals surface area contributed by atoms with E-state index in [1.807, 2.05) is 0 Å². The Morgan fingerprint density at radius 3 is 2.21 bits per heavy atom. The van der Waals surface area contributed by atoms with E-state index >= 15 is 0 Å². The highest BCUT2D eigenvalue weighted by Gasteiger charge is 2.35. The van der Waals surface area contributed by atoms with Crippen LogP contribution in [0.5, 0.6) is 0 Å². The number of hydrogen-bond donors (Lipinski definition) is 1. The van der Waals surface area contributed by atoms with Gasteiger partial charge < -0.3 is 5.73 Å². The van der Waals surface area contributed by atoms with Gasteiger partial charge in [0.25, 0.3) is 0 Å². The highest BCUT2D eigenvalue weighted by atomic mass is 35.5. The molecular formula is C14H19ClF3N. The summed E-state index contributed by atoms with van der Waals surface area (Å²) in [6.45, 7) is 0. The van der Waals surface area contributed by atoms with Gasteiger partial charge in [-0.1, -0.05) is 37.5 Å². The van der Waals surface area contributed by atoms with E-state index in [2.05, 4.69) is 0 Å². The van der Waals surface area contributed by atoms with Gasteiger partial charge in [0.1, 0.15) is 0 Å². The quantitative estimate of drug-likeness (QED) is 0.840. The maximum Gasteiger partial charge on any atom is 0.416 e. The fourth-order valence-electron chi connectivity index (χ4n) is 2.79. The summed E-state index contributed by atoms with van der Waals surface area (Å²) in [5, 5.41) is 0. The Kier molecular flexibility index (Phi) is 5.68. The summed E-state index contributed by atoms with van der Waals surface area (Å²) in [7, 11) is 0. The molecule has 5 heteroatoms. The lowest BCUT2D eigenvalue weighted by Crippen LogP contribution is -2.26. The van der Waals surface area contributed by atoms with E-state index in [9.17, 15) is 13.2 Å². The lowest BCUT2D eigenvalue weighted by atomic mass is 9.80. The minimum atomic E-state index is -4.32. The minimum absolute atomic E-state index is 0. The molecule has 1 fully saturated rings. The zero-order valence-corrected chi connectivity index (χ0v) is 11.4. The zero-order chi connectivity index (χ0) is 13.2. The fourth-order valence-corrected chi connectivity index (χ4v) is 2.79. The van der Waals surface area contributed by atoms with E-state index in [4.69, 9.17) is 5.73 Å². The second-order valence-corrected chi connectivity index (χ2v) is 5.01. The summed E-state index contributed by atoms with van der Waals surface area (Å²) in [6, 6.07) is 5.19. The third-order valence-corrected chi connectivity index (χ3v) is 3.78. The highest BCUT2D eigenvalue weighted by molar-refractivity contribution is 5.85. The van der Waals surface area contributed by atoms with Crippen molar-refractivity contribution in [2.24, 2.45) is 11.7 Å². The van der Waals surface area contributed by atoms with Crippen LogP contribution in [0, 0.1) is 5.92 Å². The van der Waals surface area contributed by atoms with Crippen molar-refractivity contribution in [3.05, 3.63) is 35.4 Å². The number of benzene rings is 1. The molecule has 2 rings (SSSR count). The third-order valence-electron chi connectivity index (χ3n) is 3.78. The topological polar surface area (TPSA) is 26.0 Å². The predicted molar refractivity (Wildman–Crippen MR) is 72.2 cm³/mol. The molecule has 0 amide bonds. The summed E-state index contributed by atoms with van der Waals surface area (Å²) in [6.07, 6.45) is 0.882. The third kappa shape index (κ3) is 3.86. The molecule has 2 N–H and O–H groups in total. The largest absolute Gasteiger partial charge is 0.416 e. The van der Waals surface area contributed by atoms with Gasteiger partial charge in [-0.2, -0.15) is 13.2 Å². The molecule has 1 aromatic rings. The molecule has 0 aliphatic heterocycles. The van der Waals surface area contributed by atoms with Gasteiger partial charge in [0.05, 0.1) is 5.56 Å². The SMILES string of the molecule is Cl.N[C@@H](c1ccccc1C(F)(F)F)C1CCCCC1. The van der Waals surface area contributed by atoms with Crippen LogP contribution in [-0.2, 0) is 6.18 Å². The lowest BCUT2D eigenvalue weighted by Gasteiger charge is -2.29. The first-order valence-corrected chi connectivity index (χ1v) is 6.42. The number of hydrogen-bond acceptors (Lipinski definition) is 1. The molecule has 1 aromatic carbocycles. The maximum absolute atomic E-state index is 12.9. The minimum Gasteiger partial charge on any atom is -0.324 e. The standard InChI is InChI=1S/C14H18F3N.ClH/c15-14(16,17)12-9-5-4-8-11(12)13(18)10-6-2-1-3-7-10;/h4-5,8-10,13H,1-3,6-7,18H2;1H/t13-;/m1./s1. The van der Waals surface area contributed by atoms with Gasteiger partial charge in [-0.25, -0.2) is 0 Å². The molecule has 0 unspecified atom stereocenters. The molecule has 19 heavy (non-hydrogen) atoms. The van der Waals surface area contributed by atoms with Crippen LogP contribution >= 0.6 is 12.4 Å². The van der Waals surface area contributed by atoms with Crippen LogP contribution in [0.1, 0.15) is 49.3 Å². The van der Waals surface area contributed by atoms with Crippen molar-refractivity contribution in [2.45, 2.75) is 44.3 Å². The second kappa shape index (κ2) is 6.62. The summed E-state index contributed by atoms with van der Waals surface area (Å²) in [5.74, 6) is 0.183. The van der Waals surface area contributed by atoms with Crippen molar-refractivity contribution in [1.82, 2.24) is 0 Å². The van der Waals surface area contributed by atoms with Crippen molar-refractivity contribution in [3.63, 3.8) is 0 Å². The molecule has 0 aromatic heterocycles. The molecule has 0 saturated heterocycles. The van der Waals surface area contributed by atoms with Gasteiger partial charge in [-0.05, 0) is 30.4 Å². The smallest absolute Gasteiger partial charge is 0.324 e. The van der Waals surface area contributed by atoms with E-state index in [0.717, 1.165) is 31.7 Å². The zero-order valence-electron chi connectivity index (χ0n) is 10.6. The molecule has 1 aliphatic rings. The average molecular weight is 294 g/mol. The molecule has 1 saturated carbocycles. The van der Waals surface area contributed by atoms with Crippen LogP contribution in [0.25, 0.3) is 0 Å². The van der Waals surface area contributed by atoms with Crippen molar-refractivity contribution >= 4 is 12.4 Å². The Morgan fingerprint density at radius 1 is 1.05 bits per heavy atom. The molecule has 0 radical (unpaired) electrons. The highest BCUT2D eigenvalue weighted by Crippen LogP contribution is 2.39. The monoisotopic (exact) mass is 293 g/mol. The lowest BCUT2D eigenvalue weighted by molar-refractivity contribution is -0.138. The van der Waals surface area contributed by atoms with Gasteiger partial charge in [0.15, 0.2) is 0 Å². The van der Waals surface area contributed by atoms with Crippen LogP contribution in [-0.4, -0.2) is 0 Å². The Balaban J connectivity index is 0.00000180. The van der Waals surface area contributed by atoms with Gasteiger partial charge in [-0.15, -0.1) is 12.4 Å². The number of halogens is 4. The number of rotatable bonds is 2. The Labute approximate surface area is 117 Å². The Morgan fingerprint density at radius 2 is 1.63 bits per heavy atom. The van der Waals surface area contributed by atoms with Gasteiger partial charge in [-0.3, -0.25) is 0 Å². The van der Waals surface area contributed by atoms with Crippen molar-refractivity contribution in [3.8, 4) is 0 Å². The summed E-state index contributed by atoms with van der Waals surface area (Å²) in [4.78, 5) is 0. The van der Waals surface area contributed by atoms with Gasteiger partial charge in [0, 0.05) is 6.04 Å². The normalized spacial score (nSPS) is 18.7. The Hall–Kier alpha value is -0.740. The first-order chi connectivity index (χ1) is 8.50. The fraction of sp³-hybridized carbons (Fsp3) is 0.571. The summed E-state index contributed by atoms with van der Waals surface area (Å²) < 4.78 is 38.8. The van der Waals surface area contributed by atoms with E-state index < -0.39 is 17.8 Å². The number of alkyl halides is 3. The molecule has 1 atom stereocenters. The summed E-state index contributed by atoms with van der Waals surface area (Å²) in [5.41, 5.74) is 5.73. The maximum atomic E-state index is 12.9. The molecule has 1 aliphatic carbocycles. The van der Waals surface area contributed by atoms with Crippen LogP contribution in [0.2, 0.25) is 0 Å². The van der Waals surface area contributed by atoms with Crippen LogP contribution in [0.15, 0.2) is 24.3 Å². The molecule has 1 nitrogen and oxygen atoms in total. The van der Waals surface area contributed by atoms with E-state index in [0.29, 0.717) is 0 Å². The van der Waals surface area contributed by atoms with E-state index in [-0.39, 0.29) is 23.9 Å². The molecule has 0 heterocycles. The first-order valence-electron chi connectivity index (χ1n) is 6.42. The first kappa shape index (κ1) is 16.3. The van der Waals surface area contributed by atoms with Gasteiger partial charge >= 0.3 is 6.18 Å². The van der Waals surface area contributed by atoms with Crippen LogP contribution in [0.3, 0.4) is 0 Å². The van der Waals surface area contributed by atoms with Crippen LogP contribution in [0.4, 0.5) is 13.2 Å². The Bertz CT molecular complexity index is 400. The van der Waals surface area contributed by atoms with Crippen molar-refractivity contribution in [1.29, 1.82) is 0 Å². The van der Waals surface area contributed by atoms with Crippen molar-refractivity contribution in [2.75, 3.05) is 0 Å². The molecule has 0 bridgehead atoms. The average Bonchev–Trinajstić information content (AvgIpc) is 2.38. The van der Waals surface area contributed by atoms with Crippen LogP contribution < -0.4 is 5.73 Å². The van der Waals surface area contributed by atoms with E-state index in [1.54, 1.807) is 6.07 Å². The summed E-state index contributed by atoms with van der Waals surface area (Å²) >= 11 is 0. The van der Waals surface area contributed by atoms with E-state index in [1.165, 1.54) is 18.6 Å².